The molecular formula is C25H21N3O3. The summed E-state index contributed by atoms with van der Waals surface area (Å²) >= 11 is 0. The second-order valence-electron chi connectivity index (χ2n) is 6.87. The van der Waals surface area contributed by atoms with Crippen LogP contribution in [0.4, 0.5) is 0 Å². The normalized spacial score (nSPS) is 10.9. The summed E-state index contributed by atoms with van der Waals surface area (Å²) in [5.41, 5.74) is 6.10. The van der Waals surface area contributed by atoms with Crippen molar-refractivity contribution in [3.63, 3.8) is 0 Å². The van der Waals surface area contributed by atoms with Crippen LogP contribution in [0.25, 0.3) is 11.3 Å². The van der Waals surface area contributed by atoms with Gasteiger partial charge in [-0.25, -0.2) is 5.43 Å². The van der Waals surface area contributed by atoms with Gasteiger partial charge in [-0.15, -0.1) is 0 Å². The van der Waals surface area contributed by atoms with Gasteiger partial charge in [0, 0.05) is 5.56 Å². The molecule has 3 aromatic carbocycles. The molecule has 4 rings (SSSR count). The van der Waals surface area contributed by atoms with Crippen LogP contribution in [0.2, 0.25) is 0 Å². The number of aryl methyl sites for hydroxylation is 1. The van der Waals surface area contributed by atoms with Crippen molar-refractivity contribution in [3.8, 4) is 17.0 Å². The SMILES string of the molecule is Cc1onc(-c2ccccc2)c1C(=O)NN=Cc1cccc(OCc2ccccc2)c1. The molecule has 0 unspecified atom stereocenters. The van der Waals surface area contributed by atoms with Crippen LogP contribution in [-0.4, -0.2) is 17.3 Å². The number of nitrogens with one attached hydrogen (secondary N) is 1. The van der Waals surface area contributed by atoms with Crippen molar-refractivity contribution >= 4 is 12.1 Å². The van der Waals surface area contributed by atoms with E-state index in [1.54, 1.807) is 13.1 Å². The van der Waals surface area contributed by atoms with Crippen LogP contribution in [0.15, 0.2) is 94.6 Å². The molecule has 1 N–H and O–H groups in total. The minimum absolute atomic E-state index is 0.364. The quantitative estimate of drug-likeness (QED) is 0.343. The lowest BCUT2D eigenvalue weighted by Crippen LogP contribution is -2.18. The molecule has 0 atom stereocenters. The van der Waals surface area contributed by atoms with Crippen LogP contribution in [0.1, 0.15) is 27.2 Å². The largest absolute Gasteiger partial charge is 0.489 e. The van der Waals surface area contributed by atoms with Gasteiger partial charge in [0.25, 0.3) is 5.91 Å². The molecule has 6 nitrogen and oxygen atoms in total. The number of benzene rings is 3. The van der Waals surface area contributed by atoms with E-state index in [-0.39, 0.29) is 5.91 Å². The number of hydrazone groups is 1. The lowest BCUT2D eigenvalue weighted by Gasteiger charge is -2.06. The summed E-state index contributed by atoms with van der Waals surface area (Å²) in [6.07, 6.45) is 1.57. The summed E-state index contributed by atoms with van der Waals surface area (Å²) in [6, 6.07) is 26.9. The van der Waals surface area contributed by atoms with Crippen LogP contribution in [0, 0.1) is 6.92 Å². The molecule has 0 aliphatic carbocycles. The number of nitrogens with zero attached hydrogens (tertiary/aromatic N) is 2. The Morgan fingerprint density at radius 3 is 2.55 bits per heavy atom. The van der Waals surface area contributed by atoms with Crippen LogP contribution >= 0.6 is 0 Å². The van der Waals surface area contributed by atoms with E-state index in [4.69, 9.17) is 9.26 Å². The number of amides is 1. The molecule has 6 heteroatoms. The van der Waals surface area contributed by atoms with Gasteiger partial charge in [0.1, 0.15) is 29.4 Å². The van der Waals surface area contributed by atoms with Gasteiger partial charge in [0.2, 0.25) is 0 Å². The minimum atomic E-state index is -0.384. The number of rotatable bonds is 7. The van der Waals surface area contributed by atoms with Crippen molar-refractivity contribution in [2.24, 2.45) is 5.10 Å². The summed E-state index contributed by atoms with van der Waals surface area (Å²) < 4.78 is 11.1. The molecule has 1 heterocycles. The second-order valence-corrected chi connectivity index (χ2v) is 6.87. The van der Waals surface area contributed by atoms with Gasteiger partial charge < -0.3 is 9.26 Å². The summed E-state index contributed by atoms with van der Waals surface area (Å²) in [5.74, 6) is 0.772. The predicted molar refractivity (Wildman–Crippen MR) is 119 cm³/mol. The summed E-state index contributed by atoms with van der Waals surface area (Å²) in [7, 11) is 0. The van der Waals surface area contributed by atoms with Gasteiger partial charge in [-0.2, -0.15) is 5.10 Å². The molecule has 4 aromatic rings. The molecule has 1 amide bonds. The van der Waals surface area contributed by atoms with Crippen molar-refractivity contribution in [1.29, 1.82) is 0 Å². The van der Waals surface area contributed by atoms with Gasteiger partial charge >= 0.3 is 0 Å². The molecule has 154 valence electrons. The molecule has 0 saturated heterocycles. The highest BCUT2D eigenvalue weighted by molar-refractivity contribution is 6.01. The molecule has 0 saturated carbocycles. The van der Waals surface area contributed by atoms with Gasteiger partial charge in [0.05, 0.1) is 6.21 Å². The maximum Gasteiger partial charge on any atom is 0.277 e. The number of carbonyl (C=O) groups excluding carboxylic acids is 1. The van der Waals surface area contributed by atoms with Crippen LogP contribution in [0.3, 0.4) is 0 Å². The fraction of sp³-hybridized carbons (Fsp3) is 0.0800. The van der Waals surface area contributed by atoms with E-state index in [2.05, 4.69) is 15.7 Å². The Labute approximate surface area is 180 Å². The lowest BCUT2D eigenvalue weighted by atomic mass is 10.1. The Morgan fingerprint density at radius 1 is 1.03 bits per heavy atom. The molecule has 0 aliphatic rings. The monoisotopic (exact) mass is 411 g/mol. The average Bonchev–Trinajstić information content (AvgIpc) is 3.21. The summed E-state index contributed by atoms with van der Waals surface area (Å²) in [5, 5.41) is 8.11. The van der Waals surface area contributed by atoms with Crippen molar-refractivity contribution in [2.75, 3.05) is 0 Å². The highest BCUT2D eigenvalue weighted by Crippen LogP contribution is 2.24. The molecule has 0 fully saturated rings. The molecule has 0 bridgehead atoms. The van der Waals surface area contributed by atoms with Crippen molar-refractivity contribution < 1.29 is 14.1 Å². The topological polar surface area (TPSA) is 76.7 Å². The average molecular weight is 411 g/mol. The number of aromatic nitrogens is 1. The molecule has 0 spiro atoms. The first-order chi connectivity index (χ1) is 15.2. The zero-order valence-corrected chi connectivity index (χ0v) is 17.0. The van der Waals surface area contributed by atoms with Crippen molar-refractivity contribution in [2.45, 2.75) is 13.5 Å². The van der Waals surface area contributed by atoms with E-state index in [0.717, 1.165) is 22.4 Å². The molecular weight excluding hydrogens is 390 g/mol. The minimum Gasteiger partial charge on any atom is -0.489 e. The molecule has 1 aromatic heterocycles. The van der Waals surface area contributed by atoms with Crippen LogP contribution in [-0.2, 0) is 6.61 Å². The number of carbonyl (C=O) groups is 1. The van der Waals surface area contributed by atoms with Crippen molar-refractivity contribution in [3.05, 3.63) is 107 Å². The first kappa shape index (κ1) is 20.1. The number of hydrogen-bond acceptors (Lipinski definition) is 5. The number of ether oxygens (including phenoxy) is 1. The third-order valence-corrected chi connectivity index (χ3v) is 4.62. The molecule has 0 aliphatic heterocycles. The predicted octanol–water partition coefficient (Wildman–Crippen LogP) is 4.99. The lowest BCUT2D eigenvalue weighted by molar-refractivity contribution is 0.0954. The second kappa shape index (κ2) is 9.54. The van der Waals surface area contributed by atoms with Gasteiger partial charge in [-0.1, -0.05) is 78.0 Å². The molecule has 0 radical (unpaired) electrons. The third kappa shape index (κ3) is 5.05. The number of hydrogen-bond donors (Lipinski definition) is 1. The Kier molecular flexibility index (Phi) is 6.18. The highest BCUT2D eigenvalue weighted by atomic mass is 16.5. The zero-order valence-electron chi connectivity index (χ0n) is 17.0. The first-order valence-electron chi connectivity index (χ1n) is 9.82. The van der Waals surface area contributed by atoms with E-state index < -0.39 is 0 Å². The first-order valence-corrected chi connectivity index (χ1v) is 9.82. The van der Waals surface area contributed by atoms with E-state index in [1.807, 2.05) is 84.9 Å². The highest BCUT2D eigenvalue weighted by Gasteiger charge is 2.21. The Hall–Kier alpha value is -4.19. The molecule has 31 heavy (non-hydrogen) atoms. The standard InChI is InChI=1S/C25H21N3O3/c1-18-23(24(28-31-18)21-12-6-3-7-13-21)25(29)27-26-16-20-11-8-14-22(15-20)30-17-19-9-4-2-5-10-19/h2-16H,17H2,1H3,(H,27,29). The van der Waals surface area contributed by atoms with E-state index in [1.165, 1.54) is 0 Å². The Bertz CT molecular complexity index is 1190. The van der Waals surface area contributed by atoms with E-state index in [9.17, 15) is 4.79 Å². The van der Waals surface area contributed by atoms with Crippen molar-refractivity contribution in [1.82, 2.24) is 10.6 Å². The summed E-state index contributed by atoms with van der Waals surface area (Å²) in [4.78, 5) is 12.7. The maximum atomic E-state index is 12.7. The summed E-state index contributed by atoms with van der Waals surface area (Å²) in [6.45, 7) is 2.18. The Balaban J connectivity index is 1.41. The smallest absolute Gasteiger partial charge is 0.277 e. The van der Waals surface area contributed by atoms with Crippen LogP contribution < -0.4 is 10.2 Å². The van der Waals surface area contributed by atoms with Crippen LogP contribution in [0.5, 0.6) is 5.75 Å². The third-order valence-electron chi connectivity index (χ3n) is 4.62. The Morgan fingerprint density at radius 2 is 1.77 bits per heavy atom. The van der Waals surface area contributed by atoms with Gasteiger partial charge in [-0.3, -0.25) is 4.79 Å². The van der Waals surface area contributed by atoms with E-state index >= 15 is 0 Å². The fourth-order valence-electron chi connectivity index (χ4n) is 3.08. The maximum absolute atomic E-state index is 12.7. The zero-order chi connectivity index (χ0) is 21.5. The van der Waals surface area contributed by atoms with E-state index in [0.29, 0.717) is 23.6 Å². The van der Waals surface area contributed by atoms with Gasteiger partial charge in [0.15, 0.2) is 0 Å². The fourth-order valence-corrected chi connectivity index (χ4v) is 3.08. The van der Waals surface area contributed by atoms with Gasteiger partial charge in [-0.05, 0) is 30.2 Å².